The zero-order valence-corrected chi connectivity index (χ0v) is 15.7. The van der Waals surface area contributed by atoms with Gasteiger partial charge in [-0.15, -0.1) is 0 Å². The fraction of sp³-hybridized carbons (Fsp3) is 0.412. The Labute approximate surface area is 153 Å². The minimum atomic E-state index is -0.230. The Morgan fingerprint density at radius 3 is 2.38 bits per heavy atom. The smallest absolute Gasteiger partial charge is 0.238 e. The van der Waals surface area contributed by atoms with Gasteiger partial charge in [0.15, 0.2) is 0 Å². The van der Waals surface area contributed by atoms with E-state index >= 15 is 0 Å². The topological polar surface area (TPSA) is 52.7 Å². The second kappa shape index (κ2) is 9.67. The summed E-state index contributed by atoms with van der Waals surface area (Å²) in [6, 6.07) is 4.87. The predicted molar refractivity (Wildman–Crippen MR) is 99.7 cm³/mol. The molecule has 5 nitrogen and oxygen atoms in total. The van der Waals surface area contributed by atoms with Gasteiger partial charge in [0.2, 0.25) is 11.8 Å². The van der Waals surface area contributed by atoms with Gasteiger partial charge in [-0.3, -0.25) is 14.5 Å². The molecule has 0 spiro atoms. The van der Waals surface area contributed by atoms with Crippen LogP contribution in [-0.4, -0.2) is 54.8 Å². The minimum absolute atomic E-state index is 0.0367. The molecule has 2 amide bonds. The molecule has 0 saturated heterocycles. The predicted octanol–water partition coefficient (Wildman–Crippen LogP) is 3.29. The second-order valence-electron chi connectivity index (χ2n) is 5.71. The van der Waals surface area contributed by atoms with Crippen molar-refractivity contribution in [1.82, 2.24) is 9.80 Å². The first-order chi connectivity index (χ1) is 11.2. The maximum Gasteiger partial charge on any atom is 0.238 e. The monoisotopic (exact) mass is 371 g/mol. The summed E-state index contributed by atoms with van der Waals surface area (Å²) in [5.74, 6) is -0.267. The van der Waals surface area contributed by atoms with E-state index in [4.69, 9.17) is 23.2 Å². The normalized spacial score (nSPS) is 10.6. The largest absolute Gasteiger partial charge is 0.338 e. The fourth-order valence-electron chi connectivity index (χ4n) is 2.11. The van der Waals surface area contributed by atoms with Gasteiger partial charge in [0, 0.05) is 18.8 Å². The number of carbonyl (C=O) groups is 2. The Hall–Kier alpha value is -1.56. The molecule has 1 aromatic rings. The Morgan fingerprint density at radius 1 is 1.17 bits per heavy atom. The maximum atomic E-state index is 12.2. The van der Waals surface area contributed by atoms with E-state index in [-0.39, 0.29) is 24.9 Å². The average Bonchev–Trinajstić information content (AvgIpc) is 2.47. The van der Waals surface area contributed by atoms with Crippen LogP contribution in [0.4, 0.5) is 5.69 Å². The van der Waals surface area contributed by atoms with E-state index < -0.39 is 0 Å². The molecule has 7 heteroatoms. The van der Waals surface area contributed by atoms with Crippen molar-refractivity contribution in [2.45, 2.75) is 13.8 Å². The van der Waals surface area contributed by atoms with Crippen molar-refractivity contribution in [2.24, 2.45) is 0 Å². The lowest BCUT2D eigenvalue weighted by Gasteiger charge is -2.24. The number of rotatable bonds is 8. The lowest BCUT2D eigenvalue weighted by molar-refractivity contribution is -0.131. The molecule has 0 bridgehead atoms. The van der Waals surface area contributed by atoms with Crippen LogP contribution in [0.2, 0.25) is 10.0 Å². The van der Waals surface area contributed by atoms with Gasteiger partial charge in [0.05, 0.1) is 23.1 Å². The number of benzene rings is 1. The molecule has 24 heavy (non-hydrogen) atoms. The molecule has 0 heterocycles. The van der Waals surface area contributed by atoms with Gasteiger partial charge < -0.3 is 10.2 Å². The highest BCUT2D eigenvalue weighted by Crippen LogP contribution is 2.24. The summed E-state index contributed by atoms with van der Waals surface area (Å²) >= 11 is 11.8. The van der Waals surface area contributed by atoms with E-state index in [0.717, 1.165) is 5.57 Å². The zero-order chi connectivity index (χ0) is 18.3. The molecule has 0 unspecified atom stereocenters. The molecule has 132 valence electrons. The lowest BCUT2D eigenvalue weighted by Crippen LogP contribution is -2.41. The average molecular weight is 372 g/mol. The first-order valence-corrected chi connectivity index (χ1v) is 8.34. The molecule has 0 atom stereocenters. The Kier molecular flexibility index (Phi) is 8.25. The van der Waals surface area contributed by atoms with E-state index in [1.807, 2.05) is 13.8 Å². The number of nitrogens with zero attached hydrogens (tertiary/aromatic N) is 2. The first-order valence-electron chi connectivity index (χ1n) is 7.58. The van der Waals surface area contributed by atoms with Crippen LogP contribution in [0.15, 0.2) is 30.4 Å². The minimum Gasteiger partial charge on any atom is -0.338 e. The van der Waals surface area contributed by atoms with Gasteiger partial charge in [-0.2, -0.15) is 0 Å². The number of hydrogen-bond donors (Lipinski definition) is 1. The van der Waals surface area contributed by atoms with Crippen molar-refractivity contribution in [2.75, 3.05) is 38.5 Å². The van der Waals surface area contributed by atoms with Crippen LogP contribution in [0.1, 0.15) is 13.8 Å². The number of hydrogen-bond acceptors (Lipinski definition) is 3. The van der Waals surface area contributed by atoms with Crippen LogP contribution in [0.3, 0.4) is 0 Å². The Balaban J connectivity index is 2.52. The molecular weight excluding hydrogens is 349 g/mol. The van der Waals surface area contributed by atoms with Crippen LogP contribution in [-0.2, 0) is 9.59 Å². The summed E-state index contributed by atoms with van der Waals surface area (Å²) in [7, 11) is 1.72. The van der Waals surface area contributed by atoms with Crippen molar-refractivity contribution in [3.8, 4) is 0 Å². The van der Waals surface area contributed by atoms with Crippen molar-refractivity contribution in [1.29, 1.82) is 0 Å². The molecule has 0 aliphatic carbocycles. The van der Waals surface area contributed by atoms with Crippen LogP contribution < -0.4 is 5.32 Å². The highest BCUT2D eigenvalue weighted by Gasteiger charge is 2.16. The highest BCUT2D eigenvalue weighted by atomic mass is 35.5. The van der Waals surface area contributed by atoms with Crippen LogP contribution in [0.5, 0.6) is 0 Å². The summed E-state index contributed by atoms with van der Waals surface area (Å²) in [5, 5.41) is 3.52. The Bertz CT molecular complexity index is 620. The lowest BCUT2D eigenvalue weighted by atomic mass is 10.3. The summed E-state index contributed by atoms with van der Waals surface area (Å²) in [5.41, 5.74) is 1.48. The van der Waals surface area contributed by atoms with Crippen LogP contribution in [0.25, 0.3) is 0 Å². The van der Waals surface area contributed by atoms with E-state index in [9.17, 15) is 9.59 Å². The third-order valence-electron chi connectivity index (χ3n) is 3.22. The van der Waals surface area contributed by atoms with Gasteiger partial charge in [-0.1, -0.05) is 35.4 Å². The number of amides is 2. The molecule has 1 aromatic carbocycles. The quantitative estimate of drug-likeness (QED) is 0.713. The molecule has 1 N–H and O–H groups in total. The van der Waals surface area contributed by atoms with Gasteiger partial charge in [-0.05, 0) is 39.1 Å². The molecule has 0 aliphatic heterocycles. The number of nitrogens with one attached hydrogen (secondary N) is 1. The van der Waals surface area contributed by atoms with Crippen LogP contribution in [0, 0.1) is 0 Å². The number of carbonyl (C=O) groups excluding carboxylic acids is 2. The SMILES string of the molecule is C=C(C)CN(CC)C(=O)CN(C)CC(=O)Nc1ccc(Cl)c(Cl)c1. The number of likely N-dealkylation sites (N-methyl/N-ethyl adjacent to an activating group) is 2. The zero-order valence-electron chi connectivity index (χ0n) is 14.2. The Morgan fingerprint density at radius 2 is 1.83 bits per heavy atom. The molecule has 0 aromatic heterocycles. The van der Waals surface area contributed by atoms with E-state index in [1.165, 1.54) is 0 Å². The summed E-state index contributed by atoms with van der Waals surface area (Å²) in [4.78, 5) is 27.6. The third kappa shape index (κ3) is 6.91. The van der Waals surface area contributed by atoms with E-state index in [0.29, 0.717) is 28.8 Å². The van der Waals surface area contributed by atoms with Crippen molar-refractivity contribution in [3.05, 3.63) is 40.4 Å². The van der Waals surface area contributed by atoms with E-state index in [1.54, 1.807) is 35.0 Å². The van der Waals surface area contributed by atoms with Crippen molar-refractivity contribution >= 4 is 40.7 Å². The molecule has 0 radical (unpaired) electrons. The second-order valence-corrected chi connectivity index (χ2v) is 6.53. The fourth-order valence-corrected chi connectivity index (χ4v) is 2.41. The van der Waals surface area contributed by atoms with Crippen molar-refractivity contribution < 1.29 is 9.59 Å². The van der Waals surface area contributed by atoms with Gasteiger partial charge in [-0.25, -0.2) is 0 Å². The third-order valence-corrected chi connectivity index (χ3v) is 3.96. The van der Waals surface area contributed by atoms with Crippen molar-refractivity contribution in [3.63, 3.8) is 0 Å². The highest BCUT2D eigenvalue weighted by molar-refractivity contribution is 6.42. The molecule has 0 aliphatic rings. The maximum absolute atomic E-state index is 12.2. The first kappa shape index (κ1) is 20.5. The summed E-state index contributed by atoms with van der Waals surface area (Å²) < 4.78 is 0. The standard InChI is InChI=1S/C17H23Cl2N3O2/c1-5-22(9-12(2)3)17(24)11-21(4)10-16(23)20-13-6-7-14(18)15(19)8-13/h6-8H,2,5,9-11H2,1,3-4H3,(H,20,23). The van der Waals surface area contributed by atoms with Gasteiger partial charge >= 0.3 is 0 Å². The number of halogens is 2. The molecule has 0 fully saturated rings. The molecule has 1 rings (SSSR count). The van der Waals surface area contributed by atoms with Gasteiger partial charge in [0.25, 0.3) is 0 Å². The molecular formula is C17H23Cl2N3O2. The van der Waals surface area contributed by atoms with E-state index in [2.05, 4.69) is 11.9 Å². The van der Waals surface area contributed by atoms with Gasteiger partial charge in [0.1, 0.15) is 0 Å². The summed E-state index contributed by atoms with van der Waals surface area (Å²) in [6.07, 6.45) is 0. The molecule has 0 saturated carbocycles. The van der Waals surface area contributed by atoms with Crippen LogP contribution >= 0.6 is 23.2 Å². The number of anilines is 1. The summed E-state index contributed by atoms with van der Waals surface area (Å²) in [6.45, 7) is 9.00.